The van der Waals surface area contributed by atoms with Crippen molar-refractivity contribution in [1.29, 1.82) is 0 Å². The number of rotatable bonds is 3. The molecular formula is C14H11BrN4O. The molecule has 0 aliphatic heterocycles. The number of aromatic nitrogens is 3. The van der Waals surface area contributed by atoms with Crippen LogP contribution in [0.4, 0.5) is 5.95 Å². The fourth-order valence-electron chi connectivity index (χ4n) is 1.76. The molecule has 2 heterocycles. The number of fused-ring (bicyclic) bond motifs is 1. The standard InChI is InChI=1S/C14H11BrN4O/c1-16-14-18-8-11(15)13(19-14)20-10-5-4-9-3-2-6-17-12(9)7-10/h2-8H,1H3,(H,16,18,19). The average Bonchev–Trinajstić information content (AvgIpc) is 2.49. The molecule has 0 spiro atoms. The van der Waals surface area contributed by atoms with Crippen LogP contribution in [-0.2, 0) is 0 Å². The van der Waals surface area contributed by atoms with Crippen molar-refractivity contribution in [3.05, 3.63) is 47.2 Å². The largest absolute Gasteiger partial charge is 0.438 e. The van der Waals surface area contributed by atoms with Crippen LogP contribution in [0.1, 0.15) is 0 Å². The smallest absolute Gasteiger partial charge is 0.238 e. The minimum atomic E-state index is 0.458. The van der Waals surface area contributed by atoms with Gasteiger partial charge in [-0.05, 0) is 34.1 Å². The highest BCUT2D eigenvalue weighted by molar-refractivity contribution is 9.10. The number of hydrogen-bond donors (Lipinski definition) is 1. The number of halogens is 1. The zero-order valence-corrected chi connectivity index (χ0v) is 12.3. The zero-order valence-electron chi connectivity index (χ0n) is 10.7. The molecular weight excluding hydrogens is 320 g/mol. The van der Waals surface area contributed by atoms with Crippen molar-refractivity contribution in [2.75, 3.05) is 12.4 Å². The lowest BCUT2D eigenvalue weighted by molar-refractivity contribution is 0.459. The number of hydrogen-bond acceptors (Lipinski definition) is 5. The minimum absolute atomic E-state index is 0.458. The Labute approximate surface area is 124 Å². The van der Waals surface area contributed by atoms with E-state index >= 15 is 0 Å². The van der Waals surface area contributed by atoms with Crippen LogP contribution in [-0.4, -0.2) is 22.0 Å². The fourth-order valence-corrected chi connectivity index (χ4v) is 2.04. The molecule has 0 amide bonds. The van der Waals surface area contributed by atoms with Crippen LogP contribution in [0, 0.1) is 0 Å². The number of nitrogens with zero attached hydrogens (tertiary/aromatic N) is 3. The number of nitrogens with one attached hydrogen (secondary N) is 1. The molecule has 0 aliphatic carbocycles. The highest BCUT2D eigenvalue weighted by atomic mass is 79.9. The lowest BCUT2D eigenvalue weighted by atomic mass is 10.2. The molecule has 20 heavy (non-hydrogen) atoms. The van der Waals surface area contributed by atoms with Gasteiger partial charge >= 0.3 is 0 Å². The molecule has 0 radical (unpaired) electrons. The van der Waals surface area contributed by atoms with Crippen molar-refractivity contribution in [2.45, 2.75) is 0 Å². The van der Waals surface area contributed by atoms with Crippen LogP contribution in [0.15, 0.2) is 47.2 Å². The predicted octanol–water partition coefficient (Wildman–Crippen LogP) is 3.62. The lowest BCUT2D eigenvalue weighted by Gasteiger charge is -2.08. The van der Waals surface area contributed by atoms with Crippen molar-refractivity contribution in [1.82, 2.24) is 15.0 Å². The first-order chi connectivity index (χ1) is 9.76. The maximum atomic E-state index is 5.78. The fraction of sp³-hybridized carbons (Fsp3) is 0.0714. The summed E-state index contributed by atoms with van der Waals surface area (Å²) in [5.41, 5.74) is 0.879. The maximum absolute atomic E-state index is 5.78. The Kier molecular flexibility index (Phi) is 3.47. The van der Waals surface area contributed by atoms with E-state index in [0.717, 1.165) is 10.9 Å². The summed E-state index contributed by atoms with van der Waals surface area (Å²) in [7, 11) is 1.76. The first kappa shape index (κ1) is 12.8. The Morgan fingerprint density at radius 2 is 2.10 bits per heavy atom. The van der Waals surface area contributed by atoms with Crippen LogP contribution in [0.25, 0.3) is 10.9 Å². The van der Waals surface area contributed by atoms with E-state index in [2.05, 4.69) is 36.2 Å². The molecule has 1 N–H and O–H groups in total. The van der Waals surface area contributed by atoms with E-state index in [1.54, 1.807) is 19.4 Å². The van der Waals surface area contributed by atoms with Gasteiger partial charge in [-0.15, -0.1) is 0 Å². The second kappa shape index (κ2) is 5.42. The quantitative estimate of drug-likeness (QED) is 0.794. The lowest BCUT2D eigenvalue weighted by Crippen LogP contribution is -1.98. The molecule has 0 aliphatic rings. The van der Waals surface area contributed by atoms with E-state index in [1.807, 2.05) is 30.3 Å². The first-order valence-electron chi connectivity index (χ1n) is 5.99. The van der Waals surface area contributed by atoms with Crippen molar-refractivity contribution in [3.63, 3.8) is 0 Å². The van der Waals surface area contributed by atoms with Gasteiger partial charge in [0.05, 0.1) is 16.2 Å². The molecule has 0 unspecified atom stereocenters. The second-order valence-electron chi connectivity index (χ2n) is 4.06. The molecule has 3 rings (SSSR count). The summed E-state index contributed by atoms with van der Waals surface area (Å²) in [6.45, 7) is 0. The zero-order chi connectivity index (χ0) is 13.9. The molecule has 2 aromatic heterocycles. The number of anilines is 1. The Morgan fingerprint density at radius 1 is 1.20 bits per heavy atom. The molecule has 100 valence electrons. The Bertz CT molecular complexity index is 763. The SMILES string of the molecule is CNc1ncc(Br)c(Oc2ccc3cccnc3c2)n1. The van der Waals surface area contributed by atoms with Gasteiger partial charge in [0.2, 0.25) is 11.8 Å². The second-order valence-corrected chi connectivity index (χ2v) is 4.91. The Morgan fingerprint density at radius 3 is 2.95 bits per heavy atom. The summed E-state index contributed by atoms with van der Waals surface area (Å²) in [6, 6.07) is 9.64. The normalized spacial score (nSPS) is 10.5. The van der Waals surface area contributed by atoms with Crippen molar-refractivity contribution in [3.8, 4) is 11.6 Å². The summed E-state index contributed by atoms with van der Waals surface area (Å²) in [5.74, 6) is 1.64. The van der Waals surface area contributed by atoms with Crippen LogP contribution in [0.3, 0.4) is 0 Å². The van der Waals surface area contributed by atoms with Crippen LogP contribution in [0.2, 0.25) is 0 Å². The summed E-state index contributed by atoms with van der Waals surface area (Å²) < 4.78 is 6.47. The van der Waals surface area contributed by atoms with E-state index in [1.165, 1.54) is 0 Å². The van der Waals surface area contributed by atoms with Gasteiger partial charge in [0.25, 0.3) is 0 Å². The molecule has 0 saturated heterocycles. The molecule has 5 nitrogen and oxygen atoms in total. The highest BCUT2D eigenvalue weighted by Crippen LogP contribution is 2.29. The summed E-state index contributed by atoms with van der Waals surface area (Å²) >= 11 is 3.37. The molecule has 0 fully saturated rings. The minimum Gasteiger partial charge on any atom is -0.438 e. The van der Waals surface area contributed by atoms with E-state index in [9.17, 15) is 0 Å². The molecule has 6 heteroatoms. The molecule has 0 atom stereocenters. The van der Waals surface area contributed by atoms with Crippen LogP contribution >= 0.6 is 15.9 Å². The van der Waals surface area contributed by atoms with Gasteiger partial charge in [0.15, 0.2) is 0 Å². The molecule has 3 aromatic rings. The highest BCUT2D eigenvalue weighted by Gasteiger charge is 2.07. The third kappa shape index (κ3) is 2.55. The molecule has 1 aromatic carbocycles. The molecule has 0 saturated carbocycles. The van der Waals surface area contributed by atoms with E-state index < -0.39 is 0 Å². The van der Waals surface area contributed by atoms with Gasteiger partial charge < -0.3 is 10.1 Å². The number of pyridine rings is 1. The van der Waals surface area contributed by atoms with Crippen LogP contribution in [0.5, 0.6) is 11.6 Å². The average molecular weight is 331 g/mol. The van der Waals surface area contributed by atoms with Gasteiger partial charge in [-0.2, -0.15) is 4.98 Å². The summed E-state index contributed by atoms with van der Waals surface area (Å²) in [5, 5.41) is 3.94. The Balaban J connectivity index is 1.96. The number of ether oxygens (including phenoxy) is 1. The monoisotopic (exact) mass is 330 g/mol. The van der Waals surface area contributed by atoms with Crippen LogP contribution < -0.4 is 10.1 Å². The van der Waals surface area contributed by atoms with E-state index in [0.29, 0.717) is 22.1 Å². The van der Waals surface area contributed by atoms with E-state index in [-0.39, 0.29) is 0 Å². The maximum Gasteiger partial charge on any atom is 0.238 e. The topological polar surface area (TPSA) is 59.9 Å². The van der Waals surface area contributed by atoms with Crippen molar-refractivity contribution in [2.24, 2.45) is 0 Å². The van der Waals surface area contributed by atoms with Gasteiger partial charge in [-0.25, -0.2) is 4.98 Å². The molecule has 0 bridgehead atoms. The third-order valence-electron chi connectivity index (χ3n) is 2.73. The Hall–Kier alpha value is -2.21. The van der Waals surface area contributed by atoms with Gasteiger partial charge in [0.1, 0.15) is 5.75 Å². The van der Waals surface area contributed by atoms with Gasteiger partial charge in [-0.1, -0.05) is 6.07 Å². The first-order valence-corrected chi connectivity index (χ1v) is 6.78. The van der Waals surface area contributed by atoms with Crippen molar-refractivity contribution >= 4 is 32.8 Å². The van der Waals surface area contributed by atoms with Crippen molar-refractivity contribution < 1.29 is 4.74 Å². The number of benzene rings is 1. The summed E-state index contributed by atoms with van der Waals surface area (Å²) in [6.07, 6.45) is 3.40. The predicted molar refractivity (Wildman–Crippen MR) is 81.1 cm³/mol. The van der Waals surface area contributed by atoms with Gasteiger partial charge in [0, 0.05) is 24.7 Å². The van der Waals surface area contributed by atoms with Gasteiger partial charge in [-0.3, -0.25) is 4.98 Å². The summed E-state index contributed by atoms with van der Waals surface area (Å²) in [4.78, 5) is 12.6. The third-order valence-corrected chi connectivity index (χ3v) is 3.27. The van der Waals surface area contributed by atoms with E-state index in [4.69, 9.17) is 4.74 Å².